The highest BCUT2D eigenvalue weighted by Crippen LogP contribution is 2.27. The Morgan fingerprint density at radius 3 is 2.60 bits per heavy atom. The van der Waals surface area contributed by atoms with Crippen LogP contribution in [-0.2, 0) is 4.74 Å². The summed E-state index contributed by atoms with van der Waals surface area (Å²) in [5.41, 5.74) is 0.228. The number of hydrogen-bond acceptors (Lipinski definition) is 2. The average Bonchev–Trinajstić information content (AvgIpc) is 2.12. The van der Waals surface area contributed by atoms with E-state index in [1.54, 1.807) is 0 Å². The fraction of sp³-hybridized carbons (Fsp3) is 1.00. The molecule has 1 fully saturated rings. The van der Waals surface area contributed by atoms with Crippen molar-refractivity contribution >= 4 is 0 Å². The Balaban J connectivity index is 2.52. The summed E-state index contributed by atoms with van der Waals surface area (Å²) < 4.78 is 5.91. The number of rotatable bonds is 4. The van der Waals surface area contributed by atoms with Crippen LogP contribution in [0, 0.1) is 5.92 Å². The SMILES string of the molecule is CCCOC1CC(C(C)C)NC(C)(C)C1. The van der Waals surface area contributed by atoms with Gasteiger partial charge in [-0.05, 0) is 39.0 Å². The first-order valence-corrected chi connectivity index (χ1v) is 6.34. The third-order valence-electron chi connectivity index (χ3n) is 3.19. The van der Waals surface area contributed by atoms with Crippen molar-refractivity contribution < 1.29 is 4.74 Å². The highest BCUT2D eigenvalue weighted by Gasteiger charge is 2.34. The number of hydrogen-bond donors (Lipinski definition) is 1. The van der Waals surface area contributed by atoms with E-state index in [0.29, 0.717) is 18.1 Å². The van der Waals surface area contributed by atoms with Gasteiger partial charge < -0.3 is 10.1 Å². The summed E-state index contributed by atoms with van der Waals surface area (Å²) in [6.07, 6.45) is 3.88. The average molecular weight is 213 g/mol. The van der Waals surface area contributed by atoms with E-state index in [0.717, 1.165) is 19.4 Å². The molecule has 0 aromatic heterocycles. The second-order valence-electron chi connectivity index (χ2n) is 5.81. The number of piperidine rings is 1. The zero-order chi connectivity index (χ0) is 11.5. The first kappa shape index (κ1) is 13.0. The van der Waals surface area contributed by atoms with Gasteiger partial charge in [-0.3, -0.25) is 0 Å². The lowest BCUT2D eigenvalue weighted by Gasteiger charge is -2.43. The molecule has 0 spiro atoms. The Hall–Kier alpha value is -0.0800. The van der Waals surface area contributed by atoms with Crippen LogP contribution in [0.25, 0.3) is 0 Å². The Kier molecular flexibility index (Phi) is 4.60. The molecule has 2 atom stereocenters. The maximum Gasteiger partial charge on any atom is 0.0607 e. The van der Waals surface area contributed by atoms with Crippen molar-refractivity contribution in [2.45, 2.75) is 71.6 Å². The molecular weight excluding hydrogens is 186 g/mol. The molecule has 1 rings (SSSR count). The molecule has 2 heteroatoms. The maximum atomic E-state index is 5.91. The number of nitrogens with one attached hydrogen (secondary N) is 1. The fourth-order valence-corrected chi connectivity index (χ4v) is 2.41. The van der Waals surface area contributed by atoms with Crippen LogP contribution < -0.4 is 5.32 Å². The lowest BCUT2D eigenvalue weighted by Crippen LogP contribution is -2.56. The van der Waals surface area contributed by atoms with E-state index in [1.807, 2.05) is 0 Å². The van der Waals surface area contributed by atoms with Crippen molar-refractivity contribution in [2.75, 3.05) is 6.61 Å². The van der Waals surface area contributed by atoms with Crippen LogP contribution in [0.1, 0.15) is 53.9 Å². The van der Waals surface area contributed by atoms with Crippen LogP contribution >= 0.6 is 0 Å². The standard InChI is InChI=1S/C13H27NO/c1-6-7-15-11-8-12(10(2)3)14-13(4,5)9-11/h10-12,14H,6-9H2,1-5H3. The highest BCUT2D eigenvalue weighted by atomic mass is 16.5. The van der Waals surface area contributed by atoms with E-state index < -0.39 is 0 Å². The monoisotopic (exact) mass is 213 g/mol. The minimum atomic E-state index is 0.228. The molecule has 0 amide bonds. The van der Waals surface area contributed by atoms with Gasteiger partial charge in [-0.2, -0.15) is 0 Å². The Morgan fingerprint density at radius 1 is 1.40 bits per heavy atom. The van der Waals surface area contributed by atoms with Gasteiger partial charge in [0.05, 0.1) is 6.10 Å². The predicted molar refractivity (Wildman–Crippen MR) is 65.1 cm³/mol. The van der Waals surface area contributed by atoms with Gasteiger partial charge in [0.2, 0.25) is 0 Å². The largest absolute Gasteiger partial charge is 0.378 e. The summed E-state index contributed by atoms with van der Waals surface area (Å²) in [6, 6.07) is 0.607. The van der Waals surface area contributed by atoms with Crippen LogP contribution in [0.15, 0.2) is 0 Å². The third kappa shape index (κ3) is 4.12. The van der Waals surface area contributed by atoms with Gasteiger partial charge in [-0.15, -0.1) is 0 Å². The molecule has 0 aliphatic carbocycles. The Labute approximate surface area is 94.8 Å². The summed E-state index contributed by atoms with van der Waals surface area (Å²) in [4.78, 5) is 0. The number of ether oxygens (including phenoxy) is 1. The molecule has 1 aliphatic rings. The molecule has 1 saturated heterocycles. The molecule has 2 nitrogen and oxygen atoms in total. The summed E-state index contributed by atoms with van der Waals surface area (Å²) in [5, 5.41) is 3.72. The highest BCUT2D eigenvalue weighted by molar-refractivity contribution is 4.93. The van der Waals surface area contributed by atoms with Crippen molar-refractivity contribution in [3.8, 4) is 0 Å². The van der Waals surface area contributed by atoms with Crippen LogP contribution in [-0.4, -0.2) is 24.3 Å². The van der Waals surface area contributed by atoms with Gasteiger partial charge in [0.25, 0.3) is 0 Å². The summed E-state index contributed by atoms with van der Waals surface area (Å²) in [6.45, 7) is 12.2. The van der Waals surface area contributed by atoms with E-state index in [9.17, 15) is 0 Å². The first-order chi connectivity index (χ1) is 6.94. The molecule has 90 valence electrons. The van der Waals surface area contributed by atoms with Crippen molar-refractivity contribution in [3.63, 3.8) is 0 Å². The van der Waals surface area contributed by atoms with Gasteiger partial charge >= 0.3 is 0 Å². The topological polar surface area (TPSA) is 21.3 Å². The summed E-state index contributed by atoms with van der Waals surface area (Å²) in [7, 11) is 0. The lowest BCUT2D eigenvalue weighted by atomic mass is 9.83. The quantitative estimate of drug-likeness (QED) is 0.775. The van der Waals surface area contributed by atoms with E-state index >= 15 is 0 Å². The van der Waals surface area contributed by atoms with Gasteiger partial charge in [0.15, 0.2) is 0 Å². The molecule has 2 unspecified atom stereocenters. The van der Waals surface area contributed by atoms with Crippen molar-refractivity contribution in [1.82, 2.24) is 5.32 Å². The predicted octanol–water partition coefficient (Wildman–Crippen LogP) is 2.97. The van der Waals surface area contributed by atoms with Crippen LogP contribution in [0.2, 0.25) is 0 Å². The van der Waals surface area contributed by atoms with Crippen molar-refractivity contribution in [1.29, 1.82) is 0 Å². The maximum absolute atomic E-state index is 5.91. The van der Waals surface area contributed by atoms with E-state index in [1.165, 1.54) is 6.42 Å². The molecule has 0 aromatic carbocycles. The summed E-state index contributed by atoms with van der Waals surface area (Å²) >= 11 is 0. The van der Waals surface area contributed by atoms with E-state index in [-0.39, 0.29) is 5.54 Å². The molecule has 0 saturated carbocycles. The molecule has 0 aromatic rings. The molecule has 1 heterocycles. The zero-order valence-electron chi connectivity index (χ0n) is 11.0. The summed E-state index contributed by atoms with van der Waals surface area (Å²) in [5.74, 6) is 0.692. The molecule has 0 bridgehead atoms. The molecule has 1 N–H and O–H groups in total. The van der Waals surface area contributed by atoms with Crippen LogP contribution in [0.3, 0.4) is 0 Å². The zero-order valence-corrected chi connectivity index (χ0v) is 11.0. The van der Waals surface area contributed by atoms with Crippen LogP contribution in [0.5, 0.6) is 0 Å². The normalized spacial score (nSPS) is 30.8. The minimum absolute atomic E-state index is 0.228. The Morgan fingerprint density at radius 2 is 2.07 bits per heavy atom. The van der Waals surface area contributed by atoms with Crippen LogP contribution in [0.4, 0.5) is 0 Å². The van der Waals surface area contributed by atoms with Gasteiger partial charge in [0, 0.05) is 18.2 Å². The van der Waals surface area contributed by atoms with Gasteiger partial charge in [-0.1, -0.05) is 20.8 Å². The van der Waals surface area contributed by atoms with E-state index in [4.69, 9.17) is 4.74 Å². The van der Waals surface area contributed by atoms with Gasteiger partial charge in [0.1, 0.15) is 0 Å². The lowest BCUT2D eigenvalue weighted by molar-refractivity contribution is -0.0111. The van der Waals surface area contributed by atoms with Gasteiger partial charge in [-0.25, -0.2) is 0 Å². The van der Waals surface area contributed by atoms with Crippen molar-refractivity contribution in [3.05, 3.63) is 0 Å². The van der Waals surface area contributed by atoms with E-state index in [2.05, 4.69) is 39.9 Å². The molecular formula is C13H27NO. The third-order valence-corrected chi connectivity index (χ3v) is 3.19. The first-order valence-electron chi connectivity index (χ1n) is 6.34. The minimum Gasteiger partial charge on any atom is -0.378 e. The molecule has 15 heavy (non-hydrogen) atoms. The molecule has 1 aliphatic heterocycles. The second kappa shape index (κ2) is 5.31. The second-order valence-corrected chi connectivity index (χ2v) is 5.81. The smallest absolute Gasteiger partial charge is 0.0607 e. The molecule has 0 radical (unpaired) electrons. The fourth-order valence-electron chi connectivity index (χ4n) is 2.41. The Bertz CT molecular complexity index is 189. The van der Waals surface area contributed by atoms with Crippen molar-refractivity contribution in [2.24, 2.45) is 5.92 Å².